The number of anilines is 1. The molecule has 3 rings (SSSR count). The largest absolute Gasteiger partial charge is 0.377 e. The topological polar surface area (TPSA) is 12.0 Å². The Balaban J connectivity index is 1.95. The third-order valence-corrected chi connectivity index (χ3v) is 3.91. The highest BCUT2D eigenvalue weighted by Gasteiger charge is 2.24. The number of nitrogens with one attached hydrogen (secondary N) is 1. The molecule has 3 heteroatoms. The fourth-order valence-electron chi connectivity index (χ4n) is 2.62. The molecule has 0 amide bonds. The van der Waals surface area contributed by atoms with Gasteiger partial charge in [0, 0.05) is 5.69 Å². The monoisotopic (exact) mass is 259 g/mol. The summed E-state index contributed by atoms with van der Waals surface area (Å²) in [5.74, 6) is -1.59. The third kappa shape index (κ3) is 1.99. The minimum atomic E-state index is -0.800. The van der Waals surface area contributed by atoms with E-state index >= 15 is 0 Å². The molecule has 0 bridgehead atoms. The zero-order valence-electron chi connectivity index (χ0n) is 10.9. The van der Waals surface area contributed by atoms with Crippen molar-refractivity contribution in [1.29, 1.82) is 0 Å². The van der Waals surface area contributed by atoms with E-state index in [1.165, 1.54) is 28.8 Å². The first kappa shape index (κ1) is 12.2. The van der Waals surface area contributed by atoms with Gasteiger partial charge in [0.15, 0.2) is 11.6 Å². The highest BCUT2D eigenvalue weighted by Crippen LogP contribution is 2.37. The highest BCUT2D eigenvalue weighted by molar-refractivity contribution is 5.64. The number of hydrogen-bond acceptors (Lipinski definition) is 1. The van der Waals surface area contributed by atoms with Crippen molar-refractivity contribution >= 4 is 5.69 Å². The summed E-state index contributed by atoms with van der Waals surface area (Å²) in [6.45, 7) is 4.15. The van der Waals surface area contributed by atoms with Crippen molar-refractivity contribution in [3.8, 4) is 0 Å². The molecule has 1 aliphatic rings. The maximum atomic E-state index is 13.3. The van der Waals surface area contributed by atoms with Crippen LogP contribution in [0, 0.1) is 25.5 Å². The summed E-state index contributed by atoms with van der Waals surface area (Å²) in [5.41, 5.74) is 5.61. The molecule has 0 radical (unpaired) electrons. The molecule has 0 spiro atoms. The molecule has 2 aromatic rings. The maximum absolute atomic E-state index is 13.3. The van der Waals surface area contributed by atoms with Gasteiger partial charge in [-0.3, -0.25) is 0 Å². The Morgan fingerprint density at radius 3 is 2.58 bits per heavy atom. The zero-order chi connectivity index (χ0) is 13.6. The van der Waals surface area contributed by atoms with Crippen molar-refractivity contribution in [2.75, 3.05) is 5.32 Å². The first-order valence-corrected chi connectivity index (χ1v) is 6.37. The predicted octanol–water partition coefficient (Wildman–Crippen LogP) is 4.29. The Kier molecular flexibility index (Phi) is 2.77. The predicted molar refractivity (Wildman–Crippen MR) is 72.3 cm³/mol. The molecule has 0 fully saturated rings. The van der Waals surface area contributed by atoms with Crippen LogP contribution < -0.4 is 5.32 Å². The van der Waals surface area contributed by atoms with Crippen LogP contribution in [0.5, 0.6) is 0 Å². The first-order valence-electron chi connectivity index (χ1n) is 6.37. The standard InChI is InChI=1S/C16H15F2N/c1-9-3-4-12-8-15(19-16(12)10(9)2)11-5-6-13(17)14(18)7-11/h3-7,15,19H,8H2,1-2H3. The number of fused-ring (bicyclic) bond motifs is 1. The molecule has 1 nitrogen and oxygen atoms in total. The molecule has 0 aliphatic carbocycles. The SMILES string of the molecule is Cc1ccc2c(c1C)NC(c1ccc(F)c(F)c1)C2. The van der Waals surface area contributed by atoms with Crippen LogP contribution in [-0.4, -0.2) is 0 Å². The van der Waals surface area contributed by atoms with Gasteiger partial charge in [-0.25, -0.2) is 8.78 Å². The minimum Gasteiger partial charge on any atom is -0.377 e. The van der Waals surface area contributed by atoms with Crippen LogP contribution in [0.3, 0.4) is 0 Å². The lowest BCUT2D eigenvalue weighted by Gasteiger charge is -2.13. The van der Waals surface area contributed by atoms with E-state index in [0.717, 1.165) is 17.7 Å². The quantitative estimate of drug-likeness (QED) is 0.805. The Morgan fingerprint density at radius 1 is 1.05 bits per heavy atom. The summed E-state index contributed by atoms with van der Waals surface area (Å²) in [6.07, 6.45) is 0.807. The summed E-state index contributed by atoms with van der Waals surface area (Å²) < 4.78 is 26.3. The summed E-state index contributed by atoms with van der Waals surface area (Å²) in [5, 5.41) is 3.42. The summed E-state index contributed by atoms with van der Waals surface area (Å²) in [6, 6.07) is 8.33. The van der Waals surface area contributed by atoms with Gasteiger partial charge < -0.3 is 5.32 Å². The highest BCUT2D eigenvalue weighted by atomic mass is 19.2. The van der Waals surface area contributed by atoms with E-state index in [9.17, 15) is 8.78 Å². The second-order valence-electron chi connectivity index (χ2n) is 5.12. The van der Waals surface area contributed by atoms with Gasteiger partial charge in [0.25, 0.3) is 0 Å². The molecule has 2 aromatic carbocycles. The van der Waals surface area contributed by atoms with Crippen molar-refractivity contribution in [1.82, 2.24) is 0 Å². The zero-order valence-corrected chi connectivity index (χ0v) is 10.9. The molecule has 1 atom stereocenters. The van der Waals surface area contributed by atoms with Gasteiger partial charge in [-0.1, -0.05) is 18.2 Å². The second-order valence-corrected chi connectivity index (χ2v) is 5.12. The van der Waals surface area contributed by atoms with Crippen molar-refractivity contribution in [3.05, 3.63) is 64.2 Å². The van der Waals surface area contributed by atoms with Crippen LogP contribution in [0.25, 0.3) is 0 Å². The number of aryl methyl sites for hydroxylation is 1. The Morgan fingerprint density at radius 2 is 1.84 bits per heavy atom. The van der Waals surface area contributed by atoms with E-state index < -0.39 is 11.6 Å². The third-order valence-electron chi connectivity index (χ3n) is 3.91. The normalized spacial score (nSPS) is 17.2. The molecular weight excluding hydrogens is 244 g/mol. The molecule has 0 saturated heterocycles. The molecule has 98 valence electrons. The van der Waals surface area contributed by atoms with Crippen LogP contribution in [0.4, 0.5) is 14.5 Å². The molecule has 1 heterocycles. The van der Waals surface area contributed by atoms with Gasteiger partial charge in [-0.05, 0) is 54.7 Å². The lowest BCUT2D eigenvalue weighted by atomic mass is 10.0. The van der Waals surface area contributed by atoms with Crippen LogP contribution in [0.2, 0.25) is 0 Å². The van der Waals surface area contributed by atoms with Crippen molar-refractivity contribution in [2.24, 2.45) is 0 Å². The van der Waals surface area contributed by atoms with Gasteiger partial charge in [-0.2, -0.15) is 0 Å². The Hall–Kier alpha value is -1.90. The van der Waals surface area contributed by atoms with Gasteiger partial charge in [0.05, 0.1) is 6.04 Å². The van der Waals surface area contributed by atoms with Gasteiger partial charge >= 0.3 is 0 Å². The van der Waals surface area contributed by atoms with Gasteiger partial charge in [0.2, 0.25) is 0 Å². The fraction of sp³-hybridized carbons (Fsp3) is 0.250. The number of hydrogen-bond donors (Lipinski definition) is 1. The van der Waals surface area contributed by atoms with Crippen LogP contribution in [0.1, 0.15) is 28.3 Å². The van der Waals surface area contributed by atoms with Crippen LogP contribution >= 0.6 is 0 Å². The van der Waals surface area contributed by atoms with Crippen LogP contribution in [-0.2, 0) is 6.42 Å². The molecule has 1 N–H and O–H groups in total. The van der Waals surface area contributed by atoms with Gasteiger partial charge in [0.1, 0.15) is 0 Å². The number of benzene rings is 2. The summed E-state index contributed by atoms with van der Waals surface area (Å²) >= 11 is 0. The van der Waals surface area contributed by atoms with Gasteiger partial charge in [-0.15, -0.1) is 0 Å². The summed E-state index contributed by atoms with van der Waals surface area (Å²) in [4.78, 5) is 0. The van der Waals surface area contributed by atoms with E-state index in [4.69, 9.17) is 0 Å². The van der Waals surface area contributed by atoms with E-state index in [0.29, 0.717) is 0 Å². The molecule has 1 unspecified atom stereocenters. The molecule has 1 aliphatic heterocycles. The Bertz CT molecular complexity index is 649. The van der Waals surface area contributed by atoms with E-state index in [1.54, 1.807) is 6.07 Å². The molecular formula is C16H15F2N. The van der Waals surface area contributed by atoms with Crippen LogP contribution in [0.15, 0.2) is 30.3 Å². The van der Waals surface area contributed by atoms with E-state index in [2.05, 4.69) is 31.3 Å². The second kappa shape index (κ2) is 4.34. The number of rotatable bonds is 1. The minimum absolute atomic E-state index is 0.0191. The van der Waals surface area contributed by atoms with E-state index in [-0.39, 0.29) is 6.04 Å². The molecule has 19 heavy (non-hydrogen) atoms. The molecule has 0 aromatic heterocycles. The van der Waals surface area contributed by atoms with Crippen molar-refractivity contribution in [3.63, 3.8) is 0 Å². The lowest BCUT2D eigenvalue weighted by Crippen LogP contribution is -2.07. The first-order chi connectivity index (χ1) is 9.06. The van der Waals surface area contributed by atoms with Crippen molar-refractivity contribution < 1.29 is 8.78 Å². The average molecular weight is 259 g/mol. The maximum Gasteiger partial charge on any atom is 0.159 e. The molecule has 0 saturated carbocycles. The fourth-order valence-corrected chi connectivity index (χ4v) is 2.62. The average Bonchev–Trinajstić information content (AvgIpc) is 2.82. The lowest BCUT2D eigenvalue weighted by molar-refractivity contribution is 0.506. The smallest absolute Gasteiger partial charge is 0.159 e. The summed E-state index contributed by atoms with van der Waals surface area (Å²) in [7, 11) is 0. The Labute approximate surface area is 111 Å². The van der Waals surface area contributed by atoms with Crippen molar-refractivity contribution in [2.45, 2.75) is 26.3 Å². The van der Waals surface area contributed by atoms with E-state index in [1.807, 2.05) is 0 Å². The number of halogens is 2.